The molecule has 0 aromatic rings. The first-order chi connectivity index (χ1) is 3.56. The zero-order chi connectivity index (χ0) is 6.62. The third-order valence-corrected chi connectivity index (χ3v) is 0.881. The normalized spacial score (nSPS) is 12.0. The van der Waals surface area contributed by atoms with Crippen LogP contribution in [-0.4, -0.2) is 17.3 Å². The molecule has 0 amide bonds. The number of aliphatic hydroxyl groups is 1. The van der Waals surface area contributed by atoms with E-state index in [1.54, 1.807) is 13.8 Å². The van der Waals surface area contributed by atoms with Crippen molar-refractivity contribution < 1.29 is 5.11 Å². The second-order valence-corrected chi connectivity index (χ2v) is 2.52. The van der Waals surface area contributed by atoms with Crippen molar-refractivity contribution in [2.45, 2.75) is 25.9 Å². The molecule has 0 saturated carbocycles. The molecule has 8 heavy (non-hydrogen) atoms. The maximum atomic E-state index is 9.05. The molecule has 0 spiro atoms. The topological polar surface area (TPSA) is 58.3 Å². The maximum Gasteiger partial charge on any atom is 0.0604 e. The maximum absolute atomic E-state index is 9.05. The Balaban J connectivity index is 3.11. The average molecular weight is 118 g/mol. The molecule has 0 aromatic heterocycles. The van der Waals surface area contributed by atoms with Gasteiger partial charge in [0.15, 0.2) is 0 Å². The Morgan fingerprint density at radius 3 is 2.25 bits per heavy atom. The fourth-order valence-electron chi connectivity index (χ4n) is 0.378. The van der Waals surface area contributed by atoms with Gasteiger partial charge in [-0.05, 0) is 20.3 Å². The molecule has 3 nitrogen and oxygen atoms in total. The number of rotatable bonds is 3. The molecule has 4 N–H and O–H groups in total. The predicted molar refractivity (Wildman–Crippen MR) is 33.1 cm³/mol. The highest BCUT2D eigenvalue weighted by Crippen LogP contribution is 2.03. The summed E-state index contributed by atoms with van der Waals surface area (Å²) < 4.78 is 0. The minimum atomic E-state index is -0.591. The lowest BCUT2D eigenvalue weighted by molar-refractivity contribution is 0.0713. The molecule has 0 saturated heterocycles. The van der Waals surface area contributed by atoms with Crippen LogP contribution in [0.3, 0.4) is 0 Å². The zero-order valence-electron chi connectivity index (χ0n) is 5.44. The summed E-state index contributed by atoms with van der Waals surface area (Å²) in [5.41, 5.74) is 1.87. The molecule has 0 unspecified atom stereocenters. The molecule has 0 fully saturated rings. The largest absolute Gasteiger partial charge is 0.390 e. The van der Waals surface area contributed by atoms with Gasteiger partial charge in [0.05, 0.1) is 5.60 Å². The van der Waals surface area contributed by atoms with Gasteiger partial charge in [0.1, 0.15) is 0 Å². The number of hydrogen-bond acceptors (Lipinski definition) is 3. The Morgan fingerprint density at radius 2 is 2.12 bits per heavy atom. The third-order valence-electron chi connectivity index (χ3n) is 0.881. The Morgan fingerprint density at radius 1 is 1.62 bits per heavy atom. The third kappa shape index (κ3) is 5.88. The van der Waals surface area contributed by atoms with E-state index in [1.807, 2.05) is 0 Å². The van der Waals surface area contributed by atoms with Crippen LogP contribution in [0.5, 0.6) is 0 Å². The van der Waals surface area contributed by atoms with E-state index in [-0.39, 0.29) is 0 Å². The minimum absolute atomic E-state index is 0.591. The van der Waals surface area contributed by atoms with E-state index in [2.05, 4.69) is 5.43 Å². The van der Waals surface area contributed by atoms with Crippen LogP contribution in [0.4, 0.5) is 0 Å². The average Bonchev–Trinajstić information content (AvgIpc) is 1.59. The molecule has 0 atom stereocenters. The summed E-state index contributed by atoms with van der Waals surface area (Å²) in [5.74, 6) is 4.97. The van der Waals surface area contributed by atoms with Crippen molar-refractivity contribution in [3.63, 3.8) is 0 Å². The first-order valence-electron chi connectivity index (χ1n) is 2.72. The van der Waals surface area contributed by atoms with Crippen LogP contribution in [0.2, 0.25) is 0 Å². The van der Waals surface area contributed by atoms with Crippen LogP contribution in [0.1, 0.15) is 20.3 Å². The van der Waals surface area contributed by atoms with E-state index in [4.69, 9.17) is 10.9 Å². The second kappa shape index (κ2) is 3.02. The molecule has 3 heteroatoms. The molecule has 0 heterocycles. The van der Waals surface area contributed by atoms with Gasteiger partial charge in [-0.15, -0.1) is 0 Å². The molecular weight excluding hydrogens is 104 g/mol. The van der Waals surface area contributed by atoms with Crippen LogP contribution < -0.4 is 11.3 Å². The quantitative estimate of drug-likeness (QED) is 0.349. The standard InChI is InChI=1S/C5H14N2O/c1-5(2,8)3-4-7-6/h7-8H,3-4,6H2,1-2H3. The van der Waals surface area contributed by atoms with Gasteiger partial charge in [0.25, 0.3) is 0 Å². The van der Waals surface area contributed by atoms with Crippen molar-refractivity contribution in [3.8, 4) is 0 Å². The monoisotopic (exact) mass is 118 g/mol. The van der Waals surface area contributed by atoms with E-state index < -0.39 is 5.60 Å². The zero-order valence-corrected chi connectivity index (χ0v) is 5.44. The summed E-state index contributed by atoms with van der Waals surface area (Å²) in [4.78, 5) is 0. The molecule has 0 bridgehead atoms. The van der Waals surface area contributed by atoms with Crippen LogP contribution in [0.25, 0.3) is 0 Å². The van der Waals surface area contributed by atoms with Gasteiger partial charge in [0.2, 0.25) is 0 Å². The number of hydrogen-bond donors (Lipinski definition) is 3. The van der Waals surface area contributed by atoms with Crippen LogP contribution in [-0.2, 0) is 0 Å². The van der Waals surface area contributed by atoms with Crippen molar-refractivity contribution in [1.29, 1.82) is 0 Å². The number of hydrazine groups is 1. The molecule has 0 aliphatic carbocycles. The van der Waals surface area contributed by atoms with E-state index in [0.717, 1.165) is 0 Å². The lowest BCUT2D eigenvalue weighted by atomic mass is 10.1. The van der Waals surface area contributed by atoms with Crippen LogP contribution >= 0.6 is 0 Å². The Labute approximate surface area is 49.9 Å². The van der Waals surface area contributed by atoms with Gasteiger partial charge in [-0.1, -0.05) is 0 Å². The first-order valence-corrected chi connectivity index (χ1v) is 2.72. The fraction of sp³-hybridized carbons (Fsp3) is 1.00. The van der Waals surface area contributed by atoms with E-state index in [9.17, 15) is 0 Å². The lowest BCUT2D eigenvalue weighted by Gasteiger charge is -2.15. The highest BCUT2D eigenvalue weighted by molar-refractivity contribution is 4.64. The molecule has 0 rings (SSSR count). The number of nitrogens with one attached hydrogen (secondary N) is 1. The summed E-state index contributed by atoms with van der Waals surface area (Å²) in [5, 5.41) is 9.05. The molecule has 0 aliphatic rings. The van der Waals surface area contributed by atoms with Gasteiger partial charge < -0.3 is 5.11 Å². The number of nitrogens with two attached hydrogens (primary N) is 1. The summed E-state index contributed by atoms with van der Waals surface area (Å²) in [6.07, 6.45) is 0.684. The van der Waals surface area contributed by atoms with Crippen LogP contribution in [0.15, 0.2) is 0 Å². The van der Waals surface area contributed by atoms with Crippen molar-refractivity contribution >= 4 is 0 Å². The second-order valence-electron chi connectivity index (χ2n) is 2.52. The smallest absolute Gasteiger partial charge is 0.0604 e. The summed E-state index contributed by atoms with van der Waals surface area (Å²) in [6, 6.07) is 0. The fourth-order valence-corrected chi connectivity index (χ4v) is 0.378. The molecule has 0 aliphatic heterocycles. The van der Waals surface area contributed by atoms with Gasteiger partial charge >= 0.3 is 0 Å². The van der Waals surface area contributed by atoms with E-state index in [0.29, 0.717) is 13.0 Å². The highest BCUT2D eigenvalue weighted by Gasteiger charge is 2.09. The molecule has 0 aromatic carbocycles. The first kappa shape index (κ1) is 7.88. The van der Waals surface area contributed by atoms with Crippen molar-refractivity contribution in [3.05, 3.63) is 0 Å². The Hall–Kier alpha value is -0.120. The molecule has 0 radical (unpaired) electrons. The van der Waals surface area contributed by atoms with Crippen molar-refractivity contribution in [1.82, 2.24) is 5.43 Å². The van der Waals surface area contributed by atoms with E-state index >= 15 is 0 Å². The van der Waals surface area contributed by atoms with Gasteiger partial charge in [-0.3, -0.25) is 11.3 Å². The lowest BCUT2D eigenvalue weighted by Crippen LogP contribution is -2.30. The molecular formula is C5H14N2O. The van der Waals surface area contributed by atoms with Gasteiger partial charge in [-0.2, -0.15) is 0 Å². The van der Waals surface area contributed by atoms with Gasteiger partial charge in [0, 0.05) is 6.54 Å². The highest BCUT2D eigenvalue weighted by atomic mass is 16.3. The molecule has 50 valence electrons. The Kier molecular flexibility index (Phi) is 2.97. The minimum Gasteiger partial charge on any atom is -0.390 e. The predicted octanol–water partition coefficient (Wildman–Crippen LogP) is -0.389. The summed E-state index contributed by atoms with van der Waals surface area (Å²) >= 11 is 0. The van der Waals surface area contributed by atoms with Crippen LogP contribution in [0, 0.1) is 0 Å². The Bertz CT molecular complexity index is 57.9. The van der Waals surface area contributed by atoms with Crippen molar-refractivity contribution in [2.75, 3.05) is 6.54 Å². The van der Waals surface area contributed by atoms with Gasteiger partial charge in [-0.25, -0.2) is 0 Å². The van der Waals surface area contributed by atoms with Crippen molar-refractivity contribution in [2.24, 2.45) is 5.84 Å². The summed E-state index contributed by atoms with van der Waals surface area (Å²) in [6.45, 7) is 4.16. The van der Waals surface area contributed by atoms with E-state index in [1.165, 1.54) is 0 Å². The summed E-state index contributed by atoms with van der Waals surface area (Å²) in [7, 11) is 0. The SMILES string of the molecule is CC(C)(O)CCNN.